The largest absolute Gasteiger partial charge is 0.378 e. The fourth-order valence-electron chi connectivity index (χ4n) is 2.96. The van der Waals surface area contributed by atoms with Crippen molar-refractivity contribution in [3.8, 4) is 0 Å². The standard InChI is InChI=1S/C19H20N6O2/c1-13-10-18(25-6-8-27-9-7-25)24-17(22-13)12-21-19(26)16-11-20-14-4-2-3-5-15(14)23-16/h2-5,10-11H,6-9,12H2,1H3,(H,21,26). The first kappa shape index (κ1) is 17.3. The SMILES string of the molecule is Cc1cc(N2CCOCC2)nc(CNC(=O)c2cnc3ccccc3n2)n1. The number of rotatable bonds is 4. The van der Waals surface area contributed by atoms with Crippen LogP contribution in [-0.2, 0) is 11.3 Å². The number of ether oxygens (including phenoxy) is 1. The topological polar surface area (TPSA) is 93.1 Å². The Balaban J connectivity index is 1.47. The number of aryl methyl sites for hydroxylation is 1. The highest BCUT2D eigenvalue weighted by Crippen LogP contribution is 2.14. The van der Waals surface area contributed by atoms with Gasteiger partial charge in [-0.25, -0.2) is 15.0 Å². The maximum atomic E-state index is 12.4. The minimum atomic E-state index is -0.300. The zero-order chi connectivity index (χ0) is 18.6. The van der Waals surface area contributed by atoms with E-state index in [1.807, 2.05) is 37.3 Å². The Labute approximate surface area is 156 Å². The van der Waals surface area contributed by atoms with Gasteiger partial charge in [-0.1, -0.05) is 12.1 Å². The third kappa shape index (κ3) is 4.01. The van der Waals surface area contributed by atoms with Crippen molar-refractivity contribution in [2.75, 3.05) is 31.2 Å². The van der Waals surface area contributed by atoms with Gasteiger partial charge in [0.25, 0.3) is 5.91 Å². The highest BCUT2D eigenvalue weighted by molar-refractivity contribution is 5.93. The summed E-state index contributed by atoms with van der Waals surface area (Å²) >= 11 is 0. The van der Waals surface area contributed by atoms with E-state index in [-0.39, 0.29) is 18.1 Å². The molecule has 1 amide bonds. The molecule has 1 aliphatic rings. The lowest BCUT2D eigenvalue weighted by Crippen LogP contribution is -2.37. The van der Waals surface area contributed by atoms with E-state index in [0.29, 0.717) is 24.6 Å². The Kier molecular flexibility index (Phi) is 4.88. The van der Waals surface area contributed by atoms with Crippen molar-refractivity contribution in [3.63, 3.8) is 0 Å². The molecule has 138 valence electrons. The van der Waals surface area contributed by atoms with E-state index in [2.05, 4.69) is 30.2 Å². The van der Waals surface area contributed by atoms with Crippen molar-refractivity contribution >= 4 is 22.8 Å². The van der Waals surface area contributed by atoms with Crippen molar-refractivity contribution in [1.29, 1.82) is 0 Å². The molecule has 1 saturated heterocycles. The Bertz CT molecular complexity index is 971. The van der Waals surface area contributed by atoms with Gasteiger partial charge in [0.2, 0.25) is 0 Å². The van der Waals surface area contributed by atoms with Crippen LogP contribution < -0.4 is 10.2 Å². The fourth-order valence-corrected chi connectivity index (χ4v) is 2.96. The molecule has 1 aromatic carbocycles. The molecule has 0 radical (unpaired) electrons. The number of hydrogen-bond donors (Lipinski definition) is 1. The normalized spacial score (nSPS) is 14.3. The van der Waals surface area contributed by atoms with Crippen LogP contribution in [0.15, 0.2) is 36.5 Å². The molecule has 8 nitrogen and oxygen atoms in total. The van der Waals surface area contributed by atoms with Crippen LogP contribution in [0.1, 0.15) is 22.0 Å². The van der Waals surface area contributed by atoms with Crippen LogP contribution in [0.4, 0.5) is 5.82 Å². The van der Waals surface area contributed by atoms with Gasteiger partial charge >= 0.3 is 0 Å². The molecule has 0 atom stereocenters. The summed E-state index contributed by atoms with van der Waals surface area (Å²) in [6.45, 7) is 5.13. The van der Waals surface area contributed by atoms with Crippen LogP contribution in [0.25, 0.3) is 11.0 Å². The first-order chi connectivity index (χ1) is 13.2. The molecule has 0 unspecified atom stereocenters. The average molecular weight is 364 g/mol. The number of nitrogens with zero attached hydrogens (tertiary/aromatic N) is 5. The van der Waals surface area contributed by atoms with Gasteiger partial charge in [-0.3, -0.25) is 9.78 Å². The van der Waals surface area contributed by atoms with Crippen LogP contribution in [0.5, 0.6) is 0 Å². The first-order valence-electron chi connectivity index (χ1n) is 8.86. The number of carbonyl (C=O) groups excluding carboxylic acids is 1. The second-order valence-corrected chi connectivity index (χ2v) is 6.31. The zero-order valence-electron chi connectivity index (χ0n) is 15.1. The minimum Gasteiger partial charge on any atom is -0.378 e. The van der Waals surface area contributed by atoms with Gasteiger partial charge in [0.05, 0.1) is 37.0 Å². The molecule has 1 fully saturated rings. The molecular weight excluding hydrogens is 344 g/mol. The lowest BCUT2D eigenvalue weighted by Gasteiger charge is -2.28. The molecule has 27 heavy (non-hydrogen) atoms. The minimum absolute atomic E-state index is 0.229. The molecule has 3 aromatic rings. The number of morpholine rings is 1. The molecule has 8 heteroatoms. The quantitative estimate of drug-likeness (QED) is 0.750. The lowest BCUT2D eigenvalue weighted by atomic mass is 10.3. The highest BCUT2D eigenvalue weighted by atomic mass is 16.5. The molecule has 0 bridgehead atoms. The van der Waals surface area contributed by atoms with E-state index in [1.165, 1.54) is 6.20 Å². The Morgan fingerprint density at radius 2 is 1.93 bits per heavy atom. The number of amides is 1. The number of anilines is 1. The van der Waals surface area contributed by atoms with Crippen molar-refractivity contribution in [2.24, 2.45) is 0 Å². The van der Waals surface area contributed by atoms with E-state index in [4.69, 9.17) is 4.74 Å². The van der Waals surface area contributed by atoms with Gasteiger partial charge in [-0.2, -0.15) is 0 Å². The molecule has 3 heterocycles. The number of carbonyl (C=O) groups is 1. The summed E-state index contributed by atoms with van der Waals surface area (Å²) in [4.78, 5) is 32.2. The molecule has 0 aliphatic carbocycles. The summed E-state index contributed by atoms with van der Waals surface area (Å²) in [7, 11) is 0. The Morgan fingerprint density at radius 1 is 1.15 bits per heavy atom. The van der Waals surface area contributed by atoms with E-state index in [9.17, 15) is 4.79 Å². The second-order valence-electron chi connectivity index (χ2n) is 6.31. The van der Waals surface area contributed by atoms with Crippen LogP contribution in [-0.4, -0.2) is 52.1 Å². The molecule has 2 aromatic heterocycles. The zero-order valence-corrected chi connectivity index (χ0v) is 15.1. The first-order valence-corrected chi connectivity index (χ1v) is 8.86. The maximum Gasteiger partial charge on any atom is 0.271 e. The maximum absolute atomic E-state index is 12.4. The Hall–Kier alpha value is -3.13. The molecular formula is C19H20N6O2. The fraction of sp³-hybridized carbons (Fsp3) is 0.316. The van der Waals surface area contributed by atoms with Gasteiger partial charge < -0.3 is 15.0 Å². The summed E-state index contributed by atoms with van der Waals surface area (Å²) in [6, 6.07) is 9.39. The molecule has 1 N–H and O–H groups in total. The van der Waals surface area contributed by atoms with E-state index >= 15 is 0 Å². The second kappa shape index (κ2) is 7.63. The predicted molar refractivity (Wildman–Crippen MR) is 101 cm³/mol. The number of benzene rings is 1. The van der Waals surface area contributed by atoms with Gasteiger partial charge in [-0.15, -0.1) is 0 Å². The number of aromatic nitrogens is 4. The summed E-state index contributed by atoms with van der Waals surface area (Å²) in [5.41, 5.74) is 2.58. The number of fused-ring (bicyclic) bond motifs is 1. The number of para-hydroxylation sites is 2. The summed E-state index contributed by atoms with van der Waals surface area (Å²) in [5.74, 6) is 1.13. The van der Waals surface area contributed by atoms with Crippen molar-refractivity contribution < 1.29 is 9.53 Å². The van der Waals surface area contributed by atoms with Crippen LogP contribution in [0.3, 0.4) is 0 Å². The molecule has 0 saturated carbocycles. The van der Waals surface area contributed by atoms with Gasteiger partial charge in [0.1, 0.15) is 17.3 Å². The third-order valence-electron chi connectivity index (χ3n) is 4.31. The van der Waals surface area contributed by atoms with Crippen molar-refractivity contribution in [2.45, 2.75) is 13.5 Å². The van der Waals surface area contributed by atoms with E-state index in [0.717, 1.165) is 30.1 Å². The highest BCUT2D eigenvalue weighted by Gasteiger charge is 2.15. The smallest absolute Gasteiger partial charge is 0.271 e. The Morgan fingerprint density at radius 3 is 2.74 bits per heavy atom. The summed E-state index contributed by atoms with van der Waals surface area (Å²) in [5, 5.41) is 2.83. The van der Waals surface area contributed by atoms with Crippen LogP contribution in [0, 0.1) is 6.92 Å². The average Bonchev–Trinajstić information content (AvgIpc) is 2.72. The number of hydrogen-bond acceptors (Lipinski definition) is 7. The molecule has 0 spiro atoms. The van der Waals surface area contributed by atoms with Gasteiger partial charge in [0, 0.05) is 24.8 Å². The lowest BCUT2D eigenvalue weighted by molar-refractivity contribution is 0.0945. The van der Waals surface area contributed by atoms with Gasteiger partial charge in [-0.05, 0) is 19.1 Å². The van der Waals surface area contributed by atoms with Crippen LogP contribution in [0.2, 0.25) is 0 Å². The van der Waals surface area contributed by atoms with Crippen LogP contribution >= 0.6 is 0 Å². The predicted octanol–water partition coefficient (Wildman–Crippen LogP) is 1.49. The molecule has 1 aliphatic heterocycles. The van der Waals surface area contributed by atoms with E-state index in [1.54, 1.807) is 0 Å². The summed E-state index contributed by atoms with van der Waals surface area (Å²) < 4.78 is 5.39. The van der Waals surface area contributed by atoms with E-state index < -0.39 is 0 Å². The van der Waals surface area contributed by atoms with Crippen molar-refractivity contribution in [3.05, 3.63) is 53.7 Å². The monoisotopic (exact) mass is 364 g/mol. The third-order valence-corrected chi connectivity index (χ3v) is 4.31. The van der Waals surface area contributed by atoms with Crippen molar-refractivity contribution in [1.82, 2.24) is 25.3 Å². The van der Waals surface area contributed by atoms with Gasteiger partial charge in [0.15, 0.2) is 0 Å². The molecule has 4 rings (SSSR count). The number of nitrogens with one attached hydrogen (secondary N) is 1. The summed E-state index contributed by atoms with van der Waals surface area (Å²) in [6.07, 6.45) is 1.48.